The minimum atomic E-state index is -0.280. The van der Waals surface area contributed by atoms with Crippen LogP contribution in [0.3, 0.4) is 0 Å². The van der Waals surface area contributed by atoms with E-state index in [-0.39, 0.29) is 24.3 Å². The highest BCUT2D eigenvalue weighted by atomic mass is 19.1. The second-order valence-corrected chi connectivity index (χ2v) is 9.08. The second-order valence-electron chi connectivity index (χ2n) is 9.08. The van der Waals surface area contributed by atoms with Gasteiger partial charge in [-0.25, -0.2) is 0 Å². The van der Waals surface area contributed by atoms with Crippen LogP contribution in [0.1, 0.15) is 36.0 Å². The van der Waals surface area contributed by atoms with Crippen LogP contribution in [0, 0.1) is 0 Å². The third kappa shape index (κ3) is 5.28. The molecule has 0 aromatic heterocycles. The van der Waals surface area contributed by atoms with E-state index < -0.39 is 0 Å². The number of rotatable bonds is 7. The minimum Gasteiger partial charge on any atom is -0.508 e. The van der Waals surface area contributed by atoms with E-state index in [9.17, 15) is 14.6 Å². The number of ether oxygens (including phenoxy) is 2. The molecule has 1 saturated heterocycles. The lowest BCUT2D eigenvalue weighted by atomic mass is 9.88. The van der Waals surface area contributed by atoms with Gasteiger partial charge in [0.1, 0.15) is 29.1 Å². The van der Waals surface area contributed by atoms with Crippen molar-refractivity contribution in [1.29, 1.82) is 0 Å². The first-order chi connectivity index (χ1) is 17.1. The van der Waals surface area contributed by atoms with Crippen molar-refractivity contribution in [3.63, 3.8) is 0 Å². The zero-order valence-corrected chi connectivity index (χ0v) is 19.6. The normalized spacial score (nSPS) is 18.1. The van der Waals surface area contributed by atoms with Crippen molar-refractivity contribution in [2.45, 2.75) is 25.4 Å². The van der Waals surface area contributed by atoms with Gasteiger partial charge in [0.2, 0.25) is 0 Å². The predicted octanol–water partition coefficient (Wildman–Crippen LogP) is 5.65. The third-order valence-corrected chi connectivity index (χ3v) is 6.62. The second kappa shape index (κ2) is 10.4. The van der Waals surface area contributed by atoms with E-state index in [1.54, 1.807) is 24.3 Å². The van der Waals surface area contributed by atoms with Crippen molar-refractivity contribution in [1.82, 2.24) is 4.90 Å². The van der Waals surface area contributed by atoms with Crippen LogP contribution in [0.4, 0.5) is 4.39 Å². The van der Waals surface area contributed by atoms with Gasteiger partial charge >= 0.3 is 0 Å². The number of likely N-dealkylation sites (tertiary alicyclic amines) is 1. The largest absolute Gasteiger partial charge is 0.508 e. The molecule has 3 aromatic carbocycles. The Morgan fingerprint density at radius 1 is 0.971 bits per heavy atom. The number of hydrogen-bond acceptors (Lipinski definition) is 5. The molecule has 2 N–H and O–H groups in total. The number of phenols is 2. The molecule has 5 rings (SSSR count). The molecule has 0 bridgehead atoms. The van der Waals surface area contributed by atoms with Crippen LogP contribution in [0.5, 0.6) is 23.0 Å². The van der Waals surface area contributed by atoms with Crippen molar-refractivity contribution < 1.29 is 24.1 Å². The van der Waals surface area contributed by atoms with Gasteiger partial charge in [-0.05, 0) is 71.5 Å². The van der Waals surface area contributed by atoms with E-state index in [4.69, 9.17) is 9.47 Å². The molecule has 0 unspecified atom stereocenters. The van der Waals surface area contributed by atoms with Gasteiger partial charge in [-0.15, -0.1) is 0 Å². The summed E-state index contributed by atoms with van der Waals surface area (Å²) in [5, 5.41) is 20.1. The number of fused-ring (bicyclic) bond motifs is 1. The maximum Gasteiger partial charge on any atom is 0.130 e. The fourth-order valence-corrected chi connectivity index (χ4v) is 4.97. The Hall–Kier alpha value is -3.51. The van der Waals surface area contributed by atoms with Crippen molar-refractivity contribution >= 4 is 11.1 Å². The summed E-state index contributed by atoms with van der Waals surface area (Å²) in [7, 11) is 0. The van der Waals surface area contributed by atoms with E-state index in [0.29, 0.717) is 25.2 Å². The van der Waals surface area contributed by atoms with Gasteiger partial charge in [0.25, 0.3) is 0 Å². The molecule has 1 atom stereocenters. The highest BCUT2D eigenvalue weighted by Crippen LogP contribution is 2.42. The van der Waals surface area contributed by atoms with E-state index in [1.165, 1.54) is 0 Å². The average Bonchev–Trinajstić information content (AvgIpc) is 3.22. The number of phenolic OH excluding ortho intramolecular Hbond substituents is 2. The molecular weight excluding hydrogens is 445 g/mol. The first kappa shape index (κ1) is 23.2. The van der Waals surface area contributed by atoms with E-state index in [1.807, 2.05) is 42.5 Å². The summed E-state index contributed by atoms with van der Waals surface area (Å²) >= 11 is 0. The molecular formula is C29H30FNO4. The fraction of sp³-hybridized carbons (Fsp3) is 0.310. The first-order valence-electron chi connectivity index (χ1n) is 12.1. The number of aromatic hydroxyl groups is 2. The molecule has 2 heterocycles. The van der Waals surface area contributed by atoms with Crippen LogP contribution in [0.25, 0.3) is 11.1 Å². The number of alkyl halides is 1. The van der Waals surface area contributed by atoms with Crippen LogP contribution < -0.4 is 9.47 Å². The summed E-state index contributed by atoms with van der Waals surface area (Å²) in [5.74, 6) is 1.81. The molecule has 3 aromatic rings. The minimum absolute atomic E-state index is 0.109. The lowest BCUT2D eigenvalue weighted by Crippen LogP contribution is -2.26. The van der Waals surface area contributed by atoms with Gasteiger partial charge in [-0.1, -0.05) is 24.3 Å². The van der Waals surface area contributed by atoms with Gasteiger partial charge in [-0.3, -0.25) is 9.29 Å². The molecule has 0 amide bonds. The molecule has 2 aliphatic heterocycles. The highest BCUT2D eigenvalue weighted by molar-refractivity contribution is 6.00. The van der Waals surface area contributed by atoms with Crippen molar-refractivity contribution in [2.24, 2.45) is 0 Å². The molecule has 5 nitrogen and oxygen atoms in total. The van der Waals surface area contributed by atoms with Crippen molar-refractivity contribution in [3.8, 4) is 23.0 Å². The van der Waals surface area contributed by atoms with Crippen LogP contribution in [-0.2, 0) is 0 Å². The van der Waals surface area contributed by atoms with Crippen LogP contribution in [0.15, 0.2) is 66.7 Å². The smallest absolute Gasteiger partial charge is 0.130 e. The number of nitrogens with zero attached hydrogens (tertiary/aromatic N) is 1. The summed E-state index contributed by atoms with van der Waals surface area (Å²) < 4.78 is 24.7. The highest BCUT2D eigenvalue weighted by Gasteiger charge is 2.24. The Morgan fingerprint density at radius 2 is 1.80 bits per heavy atom. The monoisotopic (exact) mass is 475 g/mol. The fourth-order valence-electron chi connectivity index (χ4n) is 4.97. The zero-order chi connectivity index (χ0) is 24.2. The molecule has 2 aliphatic rings. The van der Waals surface area contributed by atoms with Crippen LogP contribution >= 0.6 is 0 Å². The maximum absolute atomic E-state index is 12.5. The Morgan fingerprint density at radius 3 is 2.60 bits per heavy atom. The van der Waals surface area contributed by atoms with Gasteiger partial charge in [0.15, 0.2) is 0 Å². The molecule has 0 radical (unpaired) electrons. The first-order valence-corrected chi connectivity index (χ1v) is 12.1. The van der Waals surface area contributed by atoms with E-state index >= 15 is 0 Å². The molecule has 0 aliphatic carbocycles. The van der Waals surface area contributed by atoms with Gasteiger partial charge in [-0.2, -0.15) is 0 Å². The number of benzene rings is 3. The lowest BCUT2D eigenvalue weighted by Gasteiger charge is -2.18. The summed E-state index contributed by atoms with van der Waals surface area (Å²) in [4.78, 5) is 2.25. The van der Waals surface area contributed by atoms with Crippen LogP contribution in [-0.4, -0.2) is 54.1 Å². The molecule has 0 spiro atoms. The van der Waals surface area contributed by atoms with Crippen molar-refractivity contribution in [3.05, 3.63) is 83.4 Å². The topological polar surface area (TPSA) is 62.2 Å². The van der Waals surface area contributed by atoms with E-state index in [2.05, 4.69) is 4.90 Å². The Balaban J connectivity index is 1.47. The SMILES string of the molecule is Oc1cccc(C2=C(c3ccc(O[C@H]4CCN(CCCF)C4)cc3)c3ccc(O)cc3OCC2)c1. The molecule has 0 saturated carbocycles. The van der Waals surface area contributed by atoms with E-state index in [0.717, 1.165) is 59.6 Å². The Labute approximate surface area is 205 Å². The third-order valence-electron chi connectivity index (χ3n) is 6.62. The Kier molecular flexibility index (Phi) is 6.91. The van der Waals surface area contributed by atoms with Gasteiger partial charge < -0.3 is 19.7 Å². The van der Waals surface area contributed by atoms with Crippen molar-refractivity contribution in [2.75, 3.05) is 32.9 Å². The van der Waals surface area contributed by atoms with Crippen LogP contribution in [0.2, 0.25) is 0 Å². The average molecular weight is 476 g/mol. The molecule has 35 heavy (non-hydrogen) atoms. The molecule has 1 fully saturated rings. The van der Waals surface area contributed by atoms with Gasteiger partial charge in [0.05, 0.1) is 13.3 Å². The summed E-state index contributed by atoms with van der Waals surface area (Å²) in [6.45, 7) is 2.72. The quantitative estimate of drug-likeness (QED) is 0.462. The Bertz CT molecular complexity index is 1210. The lowest BCUT2D eigenvalue weighted by molar-refractivity contribution is 0.198. The maximum atomic E-state index is 12.5. The number of hydrogen-bond donors (Lipinski definition) is 2. The number of halogens is 1. The summed E-state index contributed by atoms with van der Waals surface area (Å²) in [6, 6.07) is 20.5. The zero-order valence-electron chi connectivity index (χ0n) is 19.6. The standard InChI is InChI=1S/C29H30FNO4/c30-13-2-14-31-15-11-25(19-31)35-24-8-5-20(6-9-24)29-26(21-3-1-4-22(32)17-21)12-16-34-28-18-23(33)7-10-27(28)29/h1,3-10,17-18,25,32-33H,2,11-16,19H2/t25-/m0/s1. The predicted molar refractivity (Wildman–Crippen MR) is 135 cm³/mol. The summed E-state index contributed by atoms with van der Waals surface area (Å²) in [6.07, 6.45) is 2.27. The molecule has 6 heteroatoms. The molecule has 182 valence electrons. The summed E-state index contributed by atoms with van der Waals surface area (Å²) in [5.41, 5.74) is 4.91. The van der Waals surface area contributed by atoms with Gasteiger partial charge in [0, 0.05) is 37.7 Å².